The number of hydrogen-bond donors (Lipinski definition) is 1. The molecule has 3 aromatic rings. The average Bonchev–Trinajstić information content (AvgIpc) is 2.61. The summed E-state index contributed by atoms with van der Waals surface area (Å²) in [6, 6.07) is 15.0. The minimum atomic E-state index is -3.49. The maximum Gasteiger partial charge on any atom is 0.216 e. The highest BCUT2D eigenvalue weighted by Gasteiger charge is 2.12. The summed E-state index contributed by atoms with van der Waals surface area (Å²) in [6.45, 7) is 1.98. The highest BCUT2D eigenvalue weighted by molar-refractivity contribution is 7.88. The molecule has 0 unspecified atom stereocenters. The zero-order valence-electron chi connectivity index (χ0n) is 14.2. The molecule has 0 aliphatic carbocycles. The van der Waals surface area contributed by atoms with Crippen LogP contribution in [0.2, 0.25) is 0 Å². The monoisotopic (exact) mass is 371 g/mol. The molecule has 0 aliphatic rings. The number of hydrogen-bond acceptors (Lipinski definition) is 4. The van der Waals surface area contributed by atoms with Crippen molar-refractivity contribution in [2.75, 3.05) is 0 Å². The Balaban J connectivity index is 1.69. The molecule has 7 heteroatoms. The zero-order chi connectivity index (χ0) is 18.6. The van der Waals surface area contributed by atoms with E-state index in [9.17, 15) is 12.8 Å². The maximum absolute atomic E-state index is 13.0. The van der Waals surface area contributed by atoms with E-state index in [2.05, 4.69) is 14.7 Å². The normalized spacial score (nSPS) is 11.5. The number of nitrogens with one attached hydrogen (secondary N) is 1. The predicted molar refractivity (Wildman–Crippen MR) is 98.1 cm³/mol. The van der Waals surface area contributed by atoms with Crippen LogP contribution in [0.3, 0.4) is 0 Å². The summed E-state index contributed by atoms with van der Waals surface area (Å²) >= 11 is 0. The summed E-state index contributed by atoms with van der Waals surface area (Å²) in [6.07, 6.45) is 1.36. The molecule has 0 amide bonds. The Morgan fingerprint density at radius 1 is 1.04 bits per heavy atom. The van der Waals surface area contributed by atoms with Gasteiger partial charge < -0.3 is 0 Å². The predicted octanol–water partition coefficient (Wildman–Crippen LogP) is 3.21. The molecule has 0 spiro atoms. The zero-order valence-corrected chi connectivity index (χ0v) is 15.0. The van der Waals surface area contributed by atoms with Crippen LogP contribution < -0.4 is 4.72 Å². The van der Waals surface area contributed by atoms with Crippen molar-refractivity contribution in [1.82, 2.24) is 14.7 Å². The summed E-state index contributed by atoms with van der Waals surface area (Å²) < 4.78 is 40.1. The van der Waals surface area contributed by atoms with Crippen LogP contribution in [-0.4, -0.2) is 18.4 Å². The van der Waals surface area contributed by atoms with Crippen molar-refractivity contribution in [3.8, 4) is 11.3 Å². The molecule has 0 bridgehead atoms. The van der Waals surface area contributed by atoms with Crippen molar-refractivity contribution in [1.29, 1.82) is 0 Å². The van der Waals surface area contributed by atoms with Gasteiger partial charge >= 0.3 is 0 Å². The van der Waals surface area contributed by atoms with Crippen molar-refractivity contribution < 1.29 is 12.8 Å². The average molecular weight is 371 g/mol. The van der Waals surface area contributed by atoms with Crippen LogP contribution in [0.1, 0.15) is 16.8 Å². The number of aromatic nitrogens is 2. The lowest BCUT2D eigenvalue weighted by atomic mass is 10.1. The summed E-state index contributed by atoms with van der Waals surface area (Å²) in [5.41, 5.74) is 3.61. The summed E-state index contributed by atoms with van der Waals surface area (Å²) in [4.78, 5) is 8.24. The summed E-state index contributed by atoms with van der Waals surface area (Å²) in [5.74, 6) is -0.420. The second-order valence-corrected chi connectivity index (χ2v) is 7.78. The van der Waals surface area contributed by atoms with Crippen LogP contribution >= 0.6 is 0 Å². The first-order valence-electron chi connectivity index (χ1n) is 8.01. The fourth-order valence-electron chi connectivity index (χ4n) is 2.53. The van der Waals surface area contributed by atoms with E-state index >= 15 is 0 Å². The van der Waals surface area contributed by atoms with E-state index in [1.165, 1.54) is 18.5 Å². The van der Waals surface area contributed by atoms with Crippen LogP contribution in [-0.2, 0) is 22.3 Å². The van der Waals surface area contributed by atoms with Gasteiger partial charge in [0.1, 0.15) is 12.1 Å². The highest BCUT2D eigenvalue weighted by Crippen LogP contribution is 2.17. The standard InChI is InChI=1S/C19H18FN3O2S/c1-14-3-2-4-15(9-14)12-26(24,25)23-11-18-10-19(22-13-21-18)16-5-7-17(20)8-6-16/h2-10,13,23H,11-12H2,1H3. The van der Waals surface area contributed by atoms with E-state index in [-0.39, 0.29) is 18.1 Å². The SMILES string of the molecule is Cc1cccc(CS(=O)(=O)NCc2cc(-c3ccc(F)cc3)ncn2)c1. The Labute approximate surface area is 152 Å². The molecular formula is C19H18FN3O2S. The van der Waals surface area contributed by atoms with Gasteiger partial charge in [0.05, 0.1) is 23.7 Å². The Bertz CT molecular complexity index is 1010. The molecule has 0 saturated carbocycles. The van der Waals surface area contributed by atoms with E-state index in [1.54, 1.807) is 24.3 Å². The second kappa shape index (κ2) is 7.72. The molecule has 2 aromatic carbocycles. The molecule has 3 rings (SSSR count). The summed E-state index contributed by atoms with van der Waals surface area (Å²) in [7, 11) is -3.49. The van der Waals surface area contributed by atoms with Crippen molar-refractivity contribution in [3.05, 3.63) is 83.6 Å². The number of nitrogens with zero attached hydrogens (tertiary/aromatic N) is 2. The Morgan fingerprint density at radius 2 is 1.81 bits per heavy atom. The van der Waals surface area contributed by atoms with Crippen molar-refractivity contribution >= 4 is 10.0 Å². The van der Waals surface area contributed by atoms with E-state index in [0.29, 0.717) is 11.4 Å². The Morgan fingerprint density at radius 3 is 2.54 bits per heavy atom. The lowest BCUT2D eigenvalue weighted by molar-refractivity contribution is 0.579. The molecule has 1 aromatic heterocycles. The van der Waals surface area contributed by atoms with E-state index in [1.807, 2.05) is 25.1 Å². The molecule has 0 atom stereocenters. The van der Waals surface area contributed by atoms with Crippen LogP contribution in [0, 0.1) is 12.7 Å². The molecular weight excluding hydrogens is 353 g/mol. The lowest BCUT2D eigenvalue weighted by Crippen LogP contribution is -2.25. The first-order chi connectivity index (χ1) is 12.4. The third-order valence-electron chi connectivity index (χ3n) is 3.78. The first kappa shape index (κ1) is 18.2. The number of halogens is 1. The smallest absolute Gasteiger partial charge is 0.216 e. The van der Waals surface area contributed by atoms with Gasteiger partial charge in [-0.3, -0.25) is 0 Å². The number of aryl methyl sites for hydroxylation is 1. The Kier molecular flexibility index (Phi) is 5.39. The second-order valence-electron chi connectivity index (χ2n) is 5.97. The largest absolute Gasteiger partial charge is 0.240 e. The lowest BCUT2D eigenvalue weighted by Gasteiger charge is -2.08. The van der Waals surface area contributed by atoms with Crippen LogP contribution in [0.5, 0.6) is 0 Å². The number of rotatable bonds is 6. The van der Waals surface area contributed by atoms with Crippen LogP contribution in [0.4, 0.5) is 4.39 Å². The van der Waals surface area contributed by atoms with Gasteiger partial charge in [0.25, 0.3) is 0 Å². The van der Waals surface area contributed by atoms with E-state index in [0.717, 1.165) is 16.7 Å². The van der Waals surface area contributed by atoms with Crippen molar-refractivity contribution in [2.45, 2.75) is 19.2 Å². The first-order valence-corrected chi connectivity index (χ1v) is 9.66. The van der Waals surface area contributed by atoms with E-state index < -0.39 is 10.0 Å². The third kappa shape index (κ3) is 4.93. The maximum atomic E-state index is 13.0. The van der Waals surface area contributed by atoms with Gasteiger partial charge in [0.15, 0.2) is 0 Å². The fraction of sp³-hybridized carbons (Fsp3) is 0.158. The van der Waals surface area contributed by atoms with Crippen LogP contribution in [0.15, 0.2) is 60.9 Å². The van der Waals surface area contributed by atoms with Gasteiger partial charge in [-0.2, -0.15) is 0 Å². The molecule has 26 heavy (non-hydrogen) atoms. The van der Waals surface area contributed by atoms with Crippen LogP contribution in [0.25, 0.3) is 11.3 Å². The molecule has 0 saturated heterocycles. The molecule has 0 radical (unpaired) electrons. The topological polar surface area (TPSA) is 72.0 Å². The Hall–Kier alpha value is -2.64. The van der Waals surface area contributed by atoms with E-state index in [4.69, 9.17) is 0 Å². The van der Waals surface area contributed by atoms with Gasteiger partial charge in [-0.1, -0.05) is 29.8 Å². The third-order valence-corrected chi connectivity index (χ3v) is 5.07. The number of benzene rings is 2. The van der Waals surface area contributed by atoms with Gasteiger partial charge in [-0.15, -0.1) is 0 Å². The molecule has 134 valence electrons. The fourth-order valence-corrected chi connectivity index (χ4v) is 3.62. The molecule has 5 nitrogen and oxygen atoms in total. The summed E-state index contributed by atoms with van der Waals surface area (Å²) in [5, 5.41) is 0. The number of sulfonamides is 1. The molecule has 1 heterocycles. The van der Waals surface area contributed by atoms with Gasteiger partial charge in [-0.25, -0.2) is 27.5 Å². The van der Waals surface area contributed by atoms with Crippen molar-refractivity contribution in [2.24, 2.45) is 0 Å². The van der Waals surface area contributed by atoms with Gasteiger partial charge in [-0.05, 0) is 42.8 Å². The van der Waals surface area contributed by atoms with Gasteiger partial charge in [0, 0.05) is 5.56 Å². The quantitative estimate of drug-likeness (QED) is 0.722. The highest BCUT2D eigenvalue weighted by atomic mass is 32.2. The molecule has 0 fully saturated rings. The molecule has 1 N–H and O–H groups in total. The minimum Gasteiger partial charge on any atom is -0.240 e. The van der Waals surface area contributed by atoms with Gasteiger partial charge in [0.2, 0.25) is 10.0 Å². The van der Waals surface area contributed by atoms with Crippen molar-refractivity contribution in [3.63, 3.8) is 0 Å². The molecule has 0 aliphatic heterocycles. The minimum absolute atomic E-state index is 0.0604.